The molecule has 2 aromatic carbocycles. The molecule has 6 heteroatoms. The zero-order valence-electron chi connectivity index (χ0n) is 109. The number of pyridine rings is 2. The van der Waals surface area contributed by atoms with Gasteiger partial charge >= 0.3 is 0 Å². The van der Waals surface area contributed by atoms with Gasteiger partial charge in [-0.3, -0.25) is 19.8 Å². The molecule has 10 rings (SSSR count). The lowest BCUT2D eigenvalue weighted by Crippen LogP contribution is -2.37. The Kier molecular flexibility index (Phi) is 51.5. The number of morpholine rings is 2. The molecular weight excluding hydrogens is 1550 g/mol. The topological polar surface area (TPSA) is 50.7 Å². The Morgan fingerprint density at radius 2 is 0.727 bits per heavy atom. The SMILES string of the molecule is C.C.CC(C)(C)C(C)(C)C.[2H]C(C)(CC)C(C)(C)C.[2H]C(C1CC1)C(C)(C)C.[2H]C(CCN1CCOCC1)C(C)(C)C.[2H]C(Cc1ccncc1)C(C)(C)C.[2H]C([2H])(C)C(C)(C)C.[2H]C([2H])(C1CC1)C(C)(C)C.[2H]C([2H])(CCN1CCOCC1)C(C)(C)C.[2H]C([2H])(Cc1ccncc1)C(C)(C)C.[2H]C([2H])(c1ccccc1)C(C)(C)C.[2H]C(c1ccccc1)C(C)(C)C.[2H]C1(C(C)(C)C)CC1.[2H]C1(C(C)(C)C)CCCC1. The summed E-state index contributed by atoms with van der Waals surface area (Å²) >= 11 is 0. The Hall–Kier alpha value is -3.42. The van der Waals surface area contributed by atoms with Gasteiger partial charge in [-0.15, -0.1) is 0 Å². The summed E-state index contributed by atoms with van der Waals surface area (Å²) in [4.78, 5) is 12.6. The molecule has 5 atom stereocenters. The third-order valence-corrected chi connectivity index (χ3v) is 21.7. The molecular formula is C122H234N4O2. The van der Waals surface area contributed by atoms with Crippen LogP contribution < -0.4 is 0 Å². The Bertz CT molecular complexity index is 3850. The predicted octanol–water partition coefficient (Wildman–Crippen LogP) is 38.2. The van der Waals surface area contributed by atoms with E-state index < -0.39 is 31.9 Å². The van der Waals surface area contributed by atoms with Crippen molar-refractivity contribution in [3.05, 3.63) is 132 Å². The van der Waals surface area contributed by atoms with Gasteiger partial charge in [0.1, 0.15) is 0 Å². The van der Waals surface area contributed by atoms with Crippen LogP contribution in [0.5, 0.6) is 0 Å². The number of nitrogens with zero attached hydrogens (tertiary/aromatic N) is 4. The third-order valence-electron chi connectivity index (χ3n) is 21.7. The number of ether oxygens (including phenoxy) is 2. The van der Waals surface area contributed by atoms with Crippen molar-refractivity contribution in [2.75, 3.05) is 65.7 Å². The van der Waals surface area contributed by atoms with Gasteiger partial charge in [0.25, 0.3) is 0 Å². The Morgan fingerprint density at radius 1 is 0.375 bits per heavy atom. The molecule has 2 aliphatic heterocycles. The molecule has 0 bridgehead atoms. The molecule has 5 unspecified atom stereocenters. The van der Waals surface area contributed by atoms with Gasteiger partial charge in [0.05, 0.1) is 26.4 Å². The normalized spacial score (nSPS) is 20.6. The maximum atomic E-state index is 8.13. The molecule has 128 heavy (non-hydrogen) atoms. The largest absolute Gasteiger partial charge is 0.379 e. The van der Waals surface area contributed by atoms with Crippen LogP contribution in [0, 0.1) is 105 Å². The number of rotatable bonds is 15. The molecule has 6 aliphatic rings. The smallest absolute Gasteiger partial charge is 0.0594 e. The second-order valence-electron chi connectivity index (χ2n) is 50.5. The van der Waals surface area contributed by atoms with Crippen LogP contribution in [0.25, 0.3) is 0 Å². The van der Waals surface area contributed by atoms with E-state index in [2.05, 4.69) is 214 Å². The molecule has 0 amide bonds. The number of benzene rings is 2. The van der Waals surface area contributed by atoms with Gasteiger partial charge in [-0.25, -0.2) is 0 Å². The Balaban J connectivity index is -0.000000490. The van der Waals surface area contributed by atoms with Crippen LogP contribution in [0.15, 0.2) is 110 Å². The molecule has 0 radical (unpaired) electrons. The summed E-state index contributed by atoms with van der Waals surface area (Å²) in [5.74, 6) is 0.616. The first-order chi connectivity index (χ1) is 63.6. The van der Waals surface area contributed by atoms with Crippen molar-refractivity contribution in [2.45, 2.75) is 480 Å². The van der Waals surface area contributed by atoms with Gasteiger partial charge in [0.15, 0.2) is 0 Å². The Morgan fingerprint density at radius 3 is 0.969 bits per heavy atom. The van der Waals surface area contributed by atoms with E-state index in [-0.39, 0.29) is 123 Å². The van der Waals surface area contributed by atoms with E-state index in [1.54, 1.807) is 31.7 Å². The van der Waals surface area contributed by atoms with Gasteiger partial charge in [0.2, 0.25) is 0 Å². The fourth-order valence-electron chi connectivity index (χ4n) is 11.4. The number of hydrogen-bond donors (Lipinski definition) is 0. The van der Waals surface area contributed by atoms with Crippen molar-refractivity contribution < 1.29 is 32.8 Å². The lowest BCUT2D eigenvalue weighted by atomic mass is 9.71. The first-order valence-corrected chi connectivity index (χ1v) is 49.3. The molecule has 4 saturated carbocycles. The minimum Gasteiger partial charge on any atom is -0.379 e. The van der Waals surface area contributed by atoms with Crippen molar-refractivity contribution in [1.29, 1.82) is 0 Å². The molecule has 2 aromatic heterocycles. The molecule has 4 heterocycles. The summed E-state index contributed by atoms with van der Waals surface area (Å²) in [6.45, 7) is 102. The van der Waals surface area contributed by atoms with Crippen LogP contribution in [0.4, 0.5) is 0 Å². The fraction of sp³-hybridized carbons (Fsp3) is 0.820. The highest BCUT2D eigenvalue weighted by molar-refractivity contribution is 5.17. The van der Waals surface area contributed by atoms with E-state index in [0.29, 0.717) is 29.6 Å². The molecule has 0 spiro atoms. The molecule has 6 fully saturated rings. The van der Waals surface area contributed by atoms with E-state index in [0.717, 1.165) is 146 Å². The zero-order valence-corrected chi connectivity index (χ0v) is 92.1. The molecule has 6 nitrogen and oxygen atoms in total. The first-order valence-electron chi connectivity index (χ1n) is 58.1. The third kappa shape index (κ3) is 94.4. The van der Waals surface area contributed by atoms with Gasteiger partial charge in [-0.05, 0) is 267 Å². The van der Waals surface area contributed by atoms with Crippen LogP contribution in [-0.4, -0.2) is 85.5 Å². The Labute approximate surface area is 831 Å². The zero-order chi connectivity index (χ0) is 113. The highest BCUT2D eigenvalue weighted by Crippen LogP contribution is 2.45. The molecule has 2 saturated heterocycles. The van der Waals surface area contributed by atoms with Crippen LogP contribution in [0.1, 0.15) is 500 Å². The van der Waals surface area contributed by atoms with Gasteiger partial charge in [0, 0.05) is 74.3 Å². The average Bonchev–Trinajstić information content (AvgIpc) is 1.64. The number of aryl methyl sites for hydroxylation is 2. The average molecular weight is 1810 g/mol. The molecule has 0 N–H and O–H groups in total. The summed E-state index contributed by atoms with van der Waals surface area (Å²) in [5, 5.41) is 0. The van der Waals surface area contributed by atoms with Crippen LogP contribution >= 0.6 is 0 Å². The van der Waals surface area contributed by atoms with E-state index in [1.165, 1.54) is 31.2 Å². The lowest BCUT2D eigenvalue weighted by Gasteiger charge is -2.34. The van der Waals surface area contributed by atoms with Crippen LogP contribution in [0.2, 0.25) is 0 Å². The monoisotopic (exact) mass is 1800 g/mol. The maximum absolute atomic E-state index is 8.13. The summed E-state index contributed by atoms with van der Waals surface area (Å²) in [6.07, 6.45) is 17.0. The van der Waals surface area contributed by atoms with Crippen LogP contribution in [-0.2, 0) is 35.1 Å². The van der Waals surface area contributed by atoms with E-state index in [4.69, 9.17) is 32.8 Å². The second-order valence-corrected chi connectivity index (χ2v) is 50.5. The van der Waals surface area contributed by atoms with Crippen LogP contribution in [0.3, 0.4) is 0 Å². The van der Waals surface area contributed by atoms with Crippen molar-refractivity contribution in [1.82, 2.24) is 19.8 Å². The molecule has 754 valence electrons. The molecule has 4 aliphatic carbocycles. The van der Waals surface area contributed by atoms with Gasteiger partial charge in [-0.2, -0.15) is 0 Å². The summed E-state index contributed by atoms with van der Waals surface area (Å²) in [7, 11) is 0. The minimum absolute atomic E-state index is 0. The molecule has 4 aromatic rings. The van der Waals surface area contributed by atoms with Crippen molar-refractivity contribution >= 4 is 0 Å². The van der Waals surface area contributed by atoms with Gasteiger partial charge in [-0.1, -0.05) is 438 Å². The van der Waals surface area contributed by atoms with Crippen molar-refractivity contribution in [3.8, 4) is 0 Å². The van der Waals surface area contributed by atoms with Crippen molar-refractivity contribution in [2.24, 2.45) is 105 Å². The maximum Gasteiger partial charge on any atom is 0.0594 e. The lowest BCUT2D eigenvalue weighted by molar-refractivity contribution is 0.0361. The second kappa shape index (κ2) is 64.6. The van der Waals surface area contributed by atoms with Gasteiger partial charge < -0.3 is 9.47 Å². The minimum atomic E-state index is -1.27. The number of hydrogen-bond acceptors (Lipinski definition) is 6. The summed E-state index contributed by atoms with van der Waals surface area (Å²) in [5.41, 5.74) is 4.46. The van der Waals surface area contributed by atoms with E-state index >= 15 is 0 Å². The fourth-order valence-corrected chi connectivity index (χ4v) is 11.4. The quantitative estimate of drug-likeness (QED) is 0.118. The highest BCUT2D eigenvalue weighted by Gasteiger charge is 2.34. The summed E-state index contributed by atoms with van der Waals surface area (Å²) in [6, 6.07) is 27.0. The predicted molar refractivity (Wildman–Crippen MR) is 583 cm³/mol. The van der Waals surface area contributed by atoms with E-state index in [1.807, 2.05) is 196 Å². The number of aromatic nitrogens is 2. The summed E-state index contributed by atoms with van der Waals surface area (Å²) < 4.78 is 144. The standard InChI is InChI=1S/2C11H23NO.2C11H17N.2C11H16.C9H18.2C8H16.2C8H18.C7H14.C6H14.2CH4/c2*1-11(2,3)5-4-6-12-7-9-13-10-8-12;2*1-11(2,3)7-4-10-5-8-12-9-6-10;2*1-11(2,3)9-10-7-5-4-6-8-10;1-9(2,3)8-6-4-5-7-8;2*1-8(2,3)6-7-4-5-7;1-7(2,3)8(4,5)6;1-6-7(2)8(3,4)5;1-7(2,3)6-4-5-6;1-5-6(2,3)4;;/h2*4-10H2,1-3H3;2*5-6,8-9H,4,7H2,1-3H3;2*4-8H,9H2,1-3H3;8H,4-7H2,1-3H3;2*7H,4-6H2,1-3H3;1-6H3;7H,6H2,1-5H3;6H,4-5H2,1-3H3;5H2,1-4H3;2*1H4/i5D2;5D;7D2;7D;9D2;9D;8D;6D2;6D;;7D;6D;5D2;;. The highest BCUT2D eigenvalue weighted by atomic mass is 16.5. The van der Waals surface area contributed by atoms with Crippen molar-refractivity contribution in [3.63, 3.8) is 0 Å². The van der Waals surface area contributed by atoms with E-state index in [9.17, 15) is 0 Å². The first kappa shape index (κ1) is 102.